The number of anilines is 1. The molecule has 2 aromatic heterocycles. The van der Waals surface area contributed by atoms with Gasteiger partial charge in [-0.05, 0) is 42.3 Å². The molecule has 0 fully saturated rings. The van der Waals surface area contributed by atoms with Crippen LogP contribution < -0.4 is 15.1 Å². The number of aromatic nitrogens is 2. The van der Waals surface area contributed by atoms with Crippen LogP contribution in [-0.4, -0.2) is 22.7 Å². The number of carbonyl (C=O) groups excluding carboxylic acids is 1. The first kappa shape index (κ1) is 21.6. The van der Waals surface area contributed by atoms with Gasteiger partial charge in [0, 0.05) is 5.02 Å². The van der Waals surface area contributed by atoms with Gasteiger partial charge in [0.15, 0.2) is 5.43 Å². The Morgan fingerprint density at radius 1 is 1.15 bits per heavy atom. The zero-order chi connectivity index (χ0) is 22.9. The quantitative estimate of drug-likeness (QED) is 0.318. The summed E-state index contributed by atoms with van der Waals surface area (Å²) >= 11 is 7.34. The molecule has 1 aliphatic heterocycles. The Labute approximate surface area is 198 Å². The molecule has 4 aromatic rings. The lowest BCUT2D eigenvalue weighted by molar-refractivity contribution is 0.0970. The summed E-state index contributed by atoms with van der Waals surface area (Å²) < 4.78 is 11.7. The zero-order valence-electron chi connectivity index (χ0n) is 17.8. The van der Waals surface area contributed by atoms with Crippen molar-refractivity contribution in [1.29, 1.82) is 0 Å². The van der Waals surface area contributed by atoms with Gasteiger partial charge in [0.05, 0.1) is 23.6 Å². The van der Waals surface area contributed by atoms with Crippen LogP contribution in [-0.2, 0) is 0 Å². The van der Waals surface area contributed by atoms with Gasteiger partial charge in [0.2, 0.25) is 10.9 Å². The first-order valence-electron chi connectivity index (χ1n) is 10.7. The summed E-state index contributed by atoms with van der Waals surface area (Å²) in [5, 5.41) is 9.09. The lowest BCUT2D eigenvalue weighted by Crippen LogP contribution is -2.29. The summed E-state index contributed by atoms with van der Waals surface area (Å²) in [4.78, 5) is 28.4. The Hall–Kier alpha value is -3.23. The molecule has 1 amide bonds. The smallest absolute Gasteiger partial charge is 0.297 e. The second-order valence-corrected chi connectivity index (χ2v) is 8.99. The summed E-state index contributed by atoms with van der Waals surface area (Å²) in [5.74, 6) is 0.315. The molecular formula is C24H20ClN3O4S. The van der Waals surface area contributed by atoms with E-state index >= 15 is 0 Å². The number of amides is 1. The van der Waals surface area contributed by atoms with Gasteiger partial charge < -0.3 is 9.15 Å². The summed E-state index contributed by atoms with van der Waals surface area (Å²) in [7, 11) is 0. The van der Waals surface area contributed by atoms with E-state index in [9.17, 15) is 9.59 Å². The van der Waals surface area contributed by atoms with Crippen molar-refractivity contribution in [2.24, 2.45) is 0 Å². The third-order valence-electron chi connectivity index (χ3n) is 5.60. The van der Waals surface area contributed by atoms with E-state index in [4.69, 9.17) is 20.8 Å². The normalized spacial score (nSPS) is 15.3. The molecule has 0 aliphatic carbocycles. The van der Waals surface area contributed by atoms with E-state index in [0.29, 0.717) is 27.7 Å². The number of carbonyl (C=O) groups is 1. The van der Waals surface area contributed by atoms with E-state index in [1.54, 1.807) is 23.7 Å². The molecule has 2 aromatic carbocycles. The molecule has 1 aliphatic rings. The number of fused-ring (bicyclic) bond motifs is 2. The highest BCUT2D eigenvalue weighted by molar-refractivity contribution is 7.13. The van der Waals surface area contributed by atoms with Crippen LogP contribution in [0.25, 0.3) is 11.0 Å². The molecule has 0 saturated carbocycles. The average molecular weight is 482 g/mol. The van der Waals surface area contributed by atoms with Crippen molar-refractivity contribution in [2.45, 2.75) is 32.2 Å². The topological polar surface area (TPSA) is 85.5 Å². The van der Waals surface area contributed by atoms with E-state index in [2.05, 4.69) is 17.1 Å². The van der Waals surface area contributed by atoms with Crippen LogP contribution in [0.2, 0.25) is 5.02 Å². The largest absolute Gasteiger partial charge is 0.494 e. The first-order valence-corrected chi connectivity index (χ1v) is 11.9. The van der Waals surface area contributed by atoms with Crippen LogP contribution in [0.15, 0.2) is 57.2 Å². The van der Waals surface area contributed by atoms with Crippen LogP contribution in [0.3, 0.4) is 0 Å². The van der Waals surface area contributed by atoms with Crippen LogP contribution >= 0.6 is 22.9 Å². The van der Waals surface area contributed by atoms with Gasteiger partial charge in [-0.25, -0.2) is 0 Å². The molecule has 5 rings (SSSR count). The molecule has 7 nitrogen and oxygen atoms in total. The van der Waals surface area contributed by atoms with Crippen molar-refractivity contribution in [3.8, 4) is 5.75 Å². The van der Waals surface area contributed by atoms with E-state index in [1.165, 1.54) is 16.2 Å². The fourth-order valence-electron chi connectivity index (χ4n) is 4.02. The molecule has 1 atom stereocenters. The molecule has 1 unspecified atom stereocenters. The van der Waals surface area contributed by atoms with Crippen LogP contribution in [0.5, 0.6) is 5.75 Å². The number of benzene rings is 2. The van der Waals surface area contributed by atoms with Gasteiger partial charge in [0.1, 0.15) is 16.8 Å². The van der Waals surface area contributed by atoms with Gasteiger partial charge in [-0.2, -0.15) is 0 Å². The standard InChI is InChI=1S/C24H20ClN3O4S/c1-2-3-4-11-31-16-8-5-14(6-9-16)20-19-21(29)17-12-15(25)7-10-18(17)32-22(19)23(30)28(20)24-27-26-13-33-24/h5-10,12-13,20H,2-4,11H2,1H3. The Morgan fingerprint density at radius 2 is 1.97 bits per heavy atom. The highest BCUT2D eigenvalue weighted by Gasteiger charge is 2.45. The van der Waals surface area contributed by atoms with E-state index in [-0.39, 0.29) is 16.8 Å². The fraction of sp³-hybridized carbons (Fsp3) is 0.250. The predicted molar refractivity (Wildman–Crippen MR) is 128 cm³/mol. The lowest BCUT2D eigenvalue weighted by atomic mass is 9.98. The number of ether oxygens (including phenoxy) is 1. The molecule has 3 heterocycles. The number of nitrogens with zero attached hydrogens (tertiary/aromatic N) is 3. The minimum Gasteiger partial charge on any atom is -0.494 e. The molecular weight excluding hydrogens is 462 g/mol. The van der Waals surface area contributed by atoms with Crippen molar-refractivity contribution in [2.75, 3.05) is 11.5 Å². The molecule has 33 heavy (non-hydrogen) atoms. The van der Waals surface area contributed by atoms with Gasteiger partial charge >= 0.3 is 0 Å². The third-order valence-corrected chi connectivity index (χ3v) is 6.52. The fourth-order valence-corrected chi connectivity index (χ4v) is 4.78. The third kappa shape index (κ3) is 3.89. The summed E-state index contributed by atoms with van der Waals surface area (Å²) in [6, 6.07) is 11.5. The zero-order valence-corrected chi connectivity index (χ0v) is 19.4. The van der Waals surface area contributed by atoms with Crippen molar-refractivity contribution in [1.82, 2.24) is 10.2 Å². The highest BCUT2D eigenvalue weighted by Crippen LogP contribution is 2.42. The monoisotopic (exact) mass is 481 g/mol. The van der Waals surface area contributed by atoms with Crippen molar-refractivity contribution < 1.29 is 13.9 Å². The average Bonchev–Trinajstić information content (AvgIpc) is 3.44. The number of halogens is 1. The highest BCUT2D eigenvalue weighted by atomic mass is 35.5. The van der Waals surface area contributed by atoms with E-state index < -0.39 is 11.9 Å². The van der Waals surface area contributed by atoms with Gasteiger partial charge in [-0.1, -0.05) is 54.8 Å². The minimum atomic E-state index is -0.700. The molecule has 168 valence electrons. The number of unbranched alkanes of at least 4 members (excludes halogenated alkanes) is 2. The Morgan fingerprint density at radius 3 is 2.70 bits per heavy atom. The molecule has 0 spiro atoms. The summed E-state index contributed by atoms with van der Waals surface area (Å²) in [6.07, 6.45) is 3.23. The Balaban J connectivity index is 1.60. The lowest BCUT2D eigenvalue weighted by Gasteiger charge is -2.22. The summed E-state index contributed by atoms with van der Waals surface area (Å²) in [6.45, 7) is 2.79. The maximum absolute atomic E-state index is 13.5. The molecule has 0 radical (unpaired) electrons. The summed E-state index contributed by atoms with van der Waals surface area (Å²) in [5.41, 5.74) is 2.57. The van der Waals surface area contributed by atoms with E-state index in [1.807, 2.05) is 24.3 Å². The second-order valence-electron chi connectivity index (χ2n) is 7.74. The maximum Gasteiger partial charge on any atom is 0.297 e. The van der Waals surface area contributed by atoms with Crippen molar-refractivity contribution in [3.63, 3.8) is 0 Å². The number of rotatable bonds is 7. The molecule has 0 saturated heterocycles. The van der Waals surface area contributed by atoms with Crippen molar-refractivity contribution >= 4 is 44.9 Å². The van der Waals surface area contributed by atoms with Gasteiger partial charge in [-0.15, -0.1) is 10.2 Å². The van der Waals surface area contributed by atoms with E-state index in [0.717, 1.165) is 30.6 Å². The van der Waals surface area contributed by atoms with Crippen LogP contribution in [0.4, 0.5) is 5.13 Å². The minimum absolute atomic E-state index is 0.00918. The molecule has 9 heteroatoms. The van der Waals surface area contributed by atoms with Gasteiger partial charge in [-0.3, -0.25) is 14.5 Å². The first-order chi connectivity index (χ1) is 16.1. The SMILES string of the molecule is CCCCCOc1ccc(C2c3c(oc4ccc(Cl)cc4c3=O)C(=O)N2c2nncs2)cc1. The van der Waals surface area contributed by atoms with Crippen LogP contribution in [0, 0.1) is 0 Å². The Bertz CT molecular complexity index is 1370. The number of hydrogen-bond donors (Lipinski definition) is 0. The number of hydrogen-bond acceptors (Lipinski definition) is 7. The second kappa shape index (κ2) is 8.96. The maximum atomic E-state index is 13.5. The Kier molecular flexibility index (Phi) is 5.86. The van der Waals surface area contributed by atoms with Crippen molar-refractivity contribution in [3.05, 3.63) is 80.1 Å². The van der Waals surface area contributed by atoms with Gasteiger partial charge in [0.25, 0.3) is 5.91 Å². The molecule has 0 N–H and O–H groups in total. The predicted octanol–water partition coefficient (Wildman–Crippen LogP) is 5.62. The molecule has 0 bridgehead atoms. The van der Waals surface area contributed by atoms with Crippen LogP contribution in [0.1, 0.15) is 53.9 Å².